The van der Waals surface area contributed by atoms with Crippen LogP contribution >= 0.6 is 0 Å². The Morgan fingerprint density at radius 2 is 0.258 bits per heavy atom. The summed E-state index contributed by atoms with van der Waals surface area (Å²) in [4.78, 5) is 105. The number of unbranched alkanes of at least 4 members (excludes halogenated alkanes) is 27. The first-order valence-electron chi connectivity index (χ1n) is 51.0. The molecule has 0 saturated carbocycles. The lowest BCUT2D eigenvalue weighted by Gasteiger charge is -2.02. The van der Waals surface area contributed by atoms with Gasteiger partial charge in [-0.15, -0.1) is 0 Å². The zero-order valence-electron chi connectivity index (χ0n) is 85.7. The van der Waals surface area contributed by atoms with Crippen molar-refractivity contribution < 1.29 is 0 Å². The standard InChI is InChI=1S/C20H32O.C18H28O.C16H24O.C14H20O.C13H18O.C12H16O.C11H14O.C10H12O.C9H10O/c1-3-4-5-6-7-8-9-10-11-12-16-19-17-14-13-15-18(2)20(19)21;1-3-4-5-6-7-8-9-10-14-17-15-12-11-13-16(2)18(17)19;1-3-4-5-6-7-8-12-15-13-10-9-11-14(2)16(15)17;1-3-4-5-6-10-13-11-8-7-9-12(2)14(13)15;1-3-4-5-9-12-10-7-6-8-11(2)13(12)14;1-3-4-8-11-9-6-5-7-10(2)12(11)13;1-3-6-10-8-5-4-7-9(2)11(10)12;1-3-9-7-5-4-6-8(2)10(9)11;1-7-5-3-4-6-8(2)9(7)10/h13-15,17H,3-12,16H2,1-2H3;11-13,15H,3-10,14H2,1-2H3;9-11,13H,3-8,12H2,1-2H3;7-9,11H,3-6,10H2,1-2H3;6-8,10H,3-5,9H2,1-2H3;5-7,9H,3-4,8H2,1-2H3;4-5,7-8H,3,6H2,1-2H3;4-7H,3H2,1-2H3;3-6H,1-2H3. The molecule has 0 spiro atoms. The van der Waals surface area contributed by atoms with Gasteiger partial charge in [0.2, 0.25) is 0 Å². The van der Waals surface area contributed by atoms with E-state index < -0.39 is 0 Å². The first kappa shape index (κ1) is 120. The normalized spacial score (nSPS) is 10.2. The van der Waals surface area contributed by atoms with Crippen molar-refractivity contribution in [1.29, 1.82) is 0 Å². The van der Waals surface area contributed by atoms with E-state index in [-0.39, 0.29) is 48.9 Å². The number of rotatable bonds is 42. The van der Waals surface area contributed by atoms with Gasteiger partial charge in [0.25, 0.3) is 0 Å². The molecule has 720 valence electrons. The van der Waals surface area contributed by atoms with Gasteiger partial charge in [-0.05, 0) is 259 Å². The van der Waals surface area contributed by atoms with Gasteiger partial charge in [0.05, 0.1) is 0 Å². The van der Waals surface area contributed by atoms with Gasteiger partial charge in [-0.25, -0.2) is 0 Å². The van der Waals surface area contributed by atoms with Gasteiger partial charge in [-0.3, -0.25) is 43.2 Å². The fourth-order valence-corrected chi connectivity index (χ4v) is 15.0. The van der Waals surface area contributed by atoms with Crippen molar-refractivity contribution in [1.82, 2.24) is 0 Å². The highest BCUT2D eigenvalue weighted by Crippen LogP contribution is 2.16. The molecule has 0 amide bonds. The van der Waals surface area contributed by atoms with Crippen LogP contribution in [0, 0.1) is 69.2 Å². The van der Waals surface area contributed by atoms with Gasteiger partial charge >= 0.3 is 0 Å². The molecule has 0 bridgehead atoms. The minimum absolute atomic E-state index is 0.144. The highest BCUT2D eigenvalue weighted by atomic mass is 16.1. The summed E-state index contributed by atoms with van der Waals surface area (Å²) in [6.07, 6.45) is 50.5. The molecule has 0 aliphatic rings. The smallest absolute Gasteiger partial charge is 0.184 e. The first-order valence-corrected chi connectivity index (χ1v) is 51.0. The summed E-state index contributed by atoms with van der Waals surface area (Å²) in [6, 6.07) is 69.2. The van der Waals surface area contributed by atoms with Gasteiger partial charge < -0.3 is 0 Å². The second-order valence-corrected chi connectivity index (χ2v) is 35.6. The maximum Gasteiger partial charge on any atom is 0.184 e. The molecule has 0 N–H and O–H groups in total. The first-order chi connectivity index (χ1) is 63.7. The third kappa shape index (κ3) is 55.5. The van der Waals surface area contributed by atoms with Crippen LogP contribution in [0.2, 0.25) is 0 Å². The highest BCUT2D eigenvalue weighted by Gasteiger charge is 2.08. The van der Waals surface area contributed by atoms with Crippen molar-refractivity contribution >= 4 is 0 Å². The van der Waals surface area contributed by atoms with E-state index in [0.717, 1.165) is 203 Å². The fourth-order valence-electron chi connectivity index (χ4n) is 15.0. The summed E-state index contributed by atoms with van der Waals surface area (Å²) >= 11 is 0. The molecular formula is C123H174O9. The lowest BCUT2D eigenvalue weighted by Crippen LogP contribution is -2.08. The van der Waals surface area contributed by atoms with Gasteiger partial charge in [-0.1, -0.05) is 454 Å². The molecule has 0 radical (unpaired) electrons. The maximum absolute atomic E-state index is 12.1. The summed E-state index contributed by atoms with van der Waals surface area (Å²) in [5, 5.41) is 0. The van der Waals surface area contributed by atoms with E-state index in [4.69, 9.17) is 0 Å². The topological polar surface area (TPSA) is 154 Å². The van der Waals surface area contributed by atoms with Crippen molar-refractivity contribution in [3.8, 4) is 0 Å². The van der Waals surface area contributed by atoms with Crippen molar-refractivity contribution in [3.05, 3.63) is 411 Å². The van der Waals surface area contributed by atoms with Crippen LogP contribution in [-0.2, 0) is 51.4 Å². The summed E-state index contributed by atoms with van der Waals surface area (Å²) in [5.74, 6) is 0. The summed E-state index contributed by atoms with van der Waals surface area (Å²) in [7, 11) is 0. The molecule has 0 aliphatic heterocycles. The van der Waals surface area contributed by atoms with Crippen molar-refractivity contribution in [2.45, 2.75) is 394 Å². The predicted molar refractivity (Wildman–Crippen MR) is 574 cm³/mol. The Labute approximate surface area is 799 Å². The van der Waals surface area contributed by atoms with Crippen LogP contribution in [-0.4, -0.2) is 0 Å². The predicted octanol–water partition coefficient (Wildman–Crippen LogP) is 30.3. The van der Waals surface area contributed by atoms with Gasteiger partial charge in [0.1, 0.15) is 0 Å². The second-order valence-electron chi connectivity index (χ2n) is 35.6. The highest BCUT2D eigenvalue weighted by molar-refractivity contribution is 5.28. The van der Waals surface area contributed by atoms with Crippen molar-refractivity contribution in [3.63, 3.8) is 0 Å². The number of hydrogen-bond donors (Lipinski definition) is 0. The molecule has 0 aliphatic carbocycles. The Kier molecular flexibility index (Phi) is 71.4. The monoisotopic (exact) mass is 1800 g/mol. The molecule has 9 heteroatoms. The van der Waals surface area contributed by atoms with Crippen molar-refractivity contribution in [2.75, 3.05) is 0 Å². The van der Waals surface area contributed by atoms with Crippen LogP contribution in [0.5, 0.6) is 0 Å². The zero-order valence-corrected chi connectivity index (χ0v) is 85.7. The third-order valence-corrected chi connectivity index (χ3v) is 23.7. The molecule has 9 aromatic carbocycles. The Hall–Kier alpha value is -9.99. The summed E-state index contributed by atoms with van der Waals surface area (Å²) in [5.41, 5.74) is 17.9. The van der Waals surface area contributed by atoms with Crippen LogP contribution < -0.4 is 48.9 Å². The van der Waals surface area contributed by atoms with E-state index in [1.807, 2.05) is 295 Å². The molecular weight excluding hydrogens is 1620 g/mol. The molecule has 0 aromatic heterocycles. The quantitative estimate of drug-likeness (QED) is 0.0340. The average molecular weight is 1800 g/mol. The van der Waals surface area contributed by atoms with Crippen LogP contribution in [0.25, 0.3) is 0 Å². The molecule has 9 aromatic rings. The summed E-state index contributed by atoms with van der Waals surface area (Å²) in [6.45, 7) is 36.1. The third-order valence-electron chi connectivity index (χ3n) is 23.7. The van der Waals surface area contributed by atoms with E-state index in [1.165, 1.54) is 167 Å². The Balaban J connectivity index is 0.000000749. The Morgan fingerprint density at radius 1 is 0.129 bits per heavy atom. The maximum atomic E-state index is 12.1. The zero-order chi connectivity index (χ0) is 97.7. The molecule has 0 atom stereocenters. The van der Waals surface area contributed by atoms with Crippen LogP contribution in [0.15, 0.2) is 262 Å². The molecule has 132 heavy (non-hydrogen) atoms. The van der Waals surface area contributed by atoms with E-state index in [0.29, 0.717) is 0 Å². The number of aryl methyl sites for hydroxylation is 18. The van der Waals surface area contributed by atoms with Gasteiger partial charge in [-0.2, -0.15) is 0 Å². The molecule has 0 saturated heterocycles. The van der Waals surface area contributed by atoms with Gasteiger partial charge in [0.15, 0.2) is 48.9 Å². The van der Waals surface area contributed by atoms with E-state index in [2.05, 4.69) is 48.5 Å². The van der Waals surface area contributed by atoms with E-state index >= 15 is 0 Å². The van der Waals surface area contributed by atoms with Crippen LogP contribution in [0.1, 0.15) is 374 Å². The van der Waals surface area contributed by atoms with Gasteiger partial charge in [0, 0.05) is 0 Å². The number of hydrogen-bond acceptors (Lipinski definition) is 9. The molecule has 9 nitrogen and oxygen atoms in total. The largest absolute Gasteiger partial charge is 0.289 e. The molecule has 0 unspecified atom stereocenters. The SMILES string of the molecule is CCCCCCCCCCCCc1ccccc(C)c1=O.CCCCCCCCCCc1ccccc(C)c1=O.CCCCCCCCc1ccccc(C)c1=O.CCCCCCc1ccccc(C)c1=O.CCCCCc1ccccc(C)c1=O.CCCCc1ccccc(C)c1=O.CCCc1ccccc(C)c1=O.CCc1ccccc(C)c1=O.Cc1ccccc(C)c1=O. The van der Waals surface area contributed by atoms with E-state index in [9.17, 15) is 43.2 Å². The minimum Gasteiger partial charge on any atom is -0.289 e. The lowest BCUT2D eigenvalue weighted by molar-refractivity contribution is 0.556. The Bertz CT molecular complexity index is 5180. The lowest BCUT2D eigenvalue weighted by atomic mass is 10.0. The molecule has 9 rings (SSSR count). The molecule has 0 heterocycles. The van der Waals surface area contributed by atoms with E-state index in [1.54, 1.807) is 0 Å². The fraction of sp³-hybridized carbons (Fsp3) is 0.488. The minimum atomic E-state index is 0.144. The van der Waals surface area contributed by atoms with Crippen LogP contribution in [0.3, 0.4) is 0 Å². The van der Waals surface area contributed by atoms with Crippen molar-refractivity contribution in [2.24, 2.45) is 0 Å². The second kappa shape index (κ2) is 78.5. The molecule has 0 fully saturated rings. The van der Waals surface area contributed by atoms with Crippen LogP contribution in [0.4, 0.5) is 0 Å². The Morgan fingerprint density at radius 3 is 0.447 bits per heavy atom. The summed E-state index contributed by atoms with van der Waals surface area (Å²) < 4.78 is 0. The average Bonchev–Trinajstić information content (AvgIpc) is 1.75.